The summed E-state index contributed by atoms with van der Waals surface area (Å²) < 4.78 is 0. The van der Waals surface area contributed by atoms with Crippen LogP contribution >= 0.6 is 11.6 Å². The first-order chi connectivity index (χ1) is 6.74. The van der Waals surface area contributed by atoms with Crippen LogP contribution in [0.15, 0.2) is 18.3 Å². The summed E-state index contributed by atoms with van der Waals surface area (Å²) in [4.78, 5) is 15.1. The molecule has 2 N–H and O–H groups in total. The van der Waals surface area contributed by atoms with Crippen molar-refractivity contribution in [1.29, 1.82) is 0 Å². The standard InChI is InChI=1S/C9H11ClN2O2/c10-8-3-2-7(6-12-8)9(14)11-4-1-5-13/h2-3,6,13H,1,4-5H2,(H,11,14). The number of carbonyl (C=O) groups is 1. The molecule has 4 nitrogen and oxygen atoms in total. The molecule has 14 heavy (non-hydrogen) atoms. The van der Waals surface area contributed by atoms with Gasteiger partial charge in [-0.2, -0.15) is 0 Å². The minimum atomic E-state index is -0.206. The fraction of sp³-hybridized carbons (Fsp3) is 0.333. The van der Waals surface area contributed by atoms with Gasteiger partial charge in [-0.15, -0.1) is 0 Å². The second-order valence-electron chi connectivity index (χ2n) is 2.70. The van der Waals surface area contributed by atoms with Gasteiger partial charge in [-0.05, 0) is 18.6 Å². The Bertz CT molecular complexity index is 300. The van der Waals surface area contributed by atoms with Crippen LogP contribution in [-0.2, 0) is 0 Å². The molecule has 0 radical (unpaired) electrons. The fourth-order valence-electron chi connectivity index (χ4n) is 0.893. The van der Waals surface area contributed by atoms with Crippen molar-refractivity contribution in [3.05, 3.63) is 29.0 Å². The molecule has 5 heteroatoms. The van der Waals surface area contributed by atoms with Crippen LogP contribution in [0.2, 0.25) is 5.15 Å². The number of pyridine rings is 1. The number of carbonyl (C=O) groups excluding carboxylic acids is 1. The highest BCUT2D eigenvalue weighted by atomic mass is 35.5. The Balaban J connectivity index is 2.48. The minimum Gasteiger partial charge on any atom is -0.396 e. The van der Waals surface area contributed by atoms with Gasteiger partial charge in [-0.3, -0.25) is 4.79 Å². The molecule has 0 spiro atoms. The lowest BCUT2D eigenvalue weighted by atomic mass is 10.2. The molecule has 0 aromatic carbocycles. The number of aromatic nitrogens is 1. The zero-order valence-corrected chi connectivity index (χ0v) is 8.29. The van der Waals surface area contributed by atoms with E-state index in [-0.39, 0.29) is 12.5 Å². The molecule has 0 atom stereocenters. The Morgan fingerprint density at radius 1 is 1.57 bits per heavy atom. The lowest BCUT2D eigenvalue weighted by Gasteiger charge is -2.02. The lowest BCUT2D eigenvalue weighted by Crippen LogP contribution is -2.25. The van der Waals surface area contributed by atoms with E-state index in [0.29, 0.717) is 23.7 Å². The van der Waals surface area contributed by atoms with E-state index < -0.39 is 0 Å². The molecule has 0 saturated heterocycles. The number of aliphatic hydroxyl groups is 1. The van der Waals surface area contributed by atoms with Gasteiger partial charge >= 0.3 is 0 Å². The summed E-state index contributed by atoms with van der Waals surface area (Å²) in [5.74, 6) is -0.206. The van der Waals surface area contributed by atoms with Crippen molar-refractivity contribution in [2.45, 2.75) is 6.42 Å². The maximum Gasteiger partial charge on any atom is 0.252 e. The molecule has 0 aliphatic carbocycles. The summed E-state index contributed by atoms with van der Waals surface area (Å²) in [5, 5.41) is 11.5. The molecular formula is C9H11ClN2O2. The van der Waals surface area contributed by atoms with Gasteiger partial charge in [0.05, 0.1) is 5.56 Å². The average Bonchev–Trinajstić information content (AvgIpc) is 2.19. The monoisotopic (exact) mass is 214 g/mol. The van der Waals surface area contributed by atoms with Crippen molar-refractivity contribution in [3.63, 3.8) is 0 Å². The van der Waals surface area contributed by atoms with Crippen LogP contribution in [0, 0.1) is 0 Å². The molecule has 1 heterocycles. The number of rotatable bonds is 4. The SMILES string of the molecule is O=C(NCCCO)c1ccc(Cl)nc1. The first-order valence-electron chi connectivity index (χ1n) is 4.24. The Kier molecular flexibility index (Phi) is 4.35. The zero-order valence-electron chi connectivity index (χ0n) is 7.53. The van der Waals surface area contributed by atoms with Crippen LogP contribution < -0.4 is 5.32 Å². The molecule has 1 aromatic heterocycles. The Morgan fingerprint density at radius 3 is 2.93 bits per heavy atom. The molecule has 1 amide bonds. The quantitative estimate of drug-likeness (QED) is 0.577. The first kappa shape index (κ1) is 10.9. The van der Waals surface area contributed by atoms with E-state index >= 15 is 0 Å². The molecular weight excluding hydrogens is 204 g/mol. The van der Waals surface area contributed by atoms with Crippen LogP contribution in [-0.4, -0.2) is 29.1 Å². The van der Waals surface area contributed by atoms with Crippen LogP contribution in [0.1, 0.15) is 16.8 Å². The first-order valence-corrected chi connectivity index (χ1v) is 4.62. The molecule has 1 rings (SSSR count). The smallest absolute Gasteiger partial charge is 0.252 e. The maximum absolute atomic E-state index is 11.4. The van der Waals surface area contributed by atoms with Crippen LogP contribution in [0.3, 0.4) is 0 Å². The van der Waals surface area contributed by atoms with Crippen molar-refractivity contribution >= 4 is 17.5 Å². The third kappa shape index (κ3) is 3.32. The van der Waals surface area contributed by atoms with Crippen molar-refractivity contribution in [2.75, 3.05) is 13.2 Å². The van der Waals surface area contributed by atoms with E-state index in [0.717, 1.165) is 0 Å². The summed E-state index contributed by atoms with van der Waals surface area (Å²) >= 11 is 5.57. The van der Waals surface area contributed by atoms with E-state index in [4.69, 9.17) is 16.7 Å². The van der Waals surface area contributed by atoms with Crippen LogP contribution in [0.5, 0.6) is 0 Å². The zero-order chi connectivity index (χ0) is 10.4. The Labute approximate surface area is 86.9 Å². The highest BCUT2D eigenvalue weighted by Gasteiger charge is 2.03. The molecule has 0 saturated carbocycles. The van der Waals surface area contributed by atoms with Gasteiger partial charge in [0.2, 0.25) is 0 Å². The van der Waals surface area contributed by atoms with Crippen molar-refractivity contribution in [2.24, 2.45) is 0 Å². The highest BCUT2D eigenvalue weighted by Crippen LogP contribution is 2.04. The Hall–Kier alpha value is -1.13. The number of nitrogens with one attached hydrogen (secondary N) is 1. The largest absolute Gasteiger partial charge is 0.396 e. The number of aliphatic hydroxyl groups excluding tert-OH is 1. The summed E-state index contributed by atoms with van der Waals surface area (Å²) in [5.41, 5.74) is 0.465. The maximum atomic E-state index is 11.4. The van der Waals surface area contributed by atoms with E-state index in [9.17, 15) is 4.79 Å². The highest BCUT2D eigenvalue weighted by molar-refractivity contribution is 6.29. The van der Waals surface area contributed by atoms with Crippen molar-refractivity contribution in [1.82, 2.24) is 10.3 Å². The van der Waals surface area contributed by atoms with Gasteiger partial charge in [0.15, 0.2) is 0 Å². The predicted octanol–water partition coefficient (Wildman–Crippen LogP) is 0.847. The third-order valence-electron chi connectivity index (χ3n) is 1.61. The molecule has 0 fully saturated rings. The summed E-state index contributed by atoms with van der Waals surface area (Å²) in [6, 6.07) is 3.16. The van der Waals surface area contributed by atoms with Gasteiger partial charge in [-0.25, -0.2) is 4.98 Å². The number of amides is 1. The molecule has 1 aromatic rings. The van der Waals surface area contributed by atoms with E-state index in [1.807, 2.05) is 0 Å². The minimum absolute atomic E-state index is 0.0686. The van der Waals surface area contributed by atoms with Gasteiger partial charge in [0.1, 0.15) is 5.15 Å². The number of hydrogen-bond acceptors (Lipinski definition) is 3. The van der Waals surface area contributed by atoms with Crippen LogP contribution in [0.25, 0.3) is 0 Å². The summed E-state index contributed by atoms with van der Waals surface area (Å²) in [7, 11) is 0. The second kappa shape index (κ2) is 5.57. The number of nitrogens with zero attached hydrogens (tertiary/aromatic N) is 1. The van der Waals surface area contributed by atoms with Gasteiger partial charge in [0, 0.05) is 19.3 Å². The van der Waals surface area contributed by atoms with E-state index in [1.54, 1.807) is 12.1 Å². The van der Waals surface area contributed by atoms with Crippen LogP contribution in [0.4, 0.5) is 0 Å². The molecule has 0 bridgehead atoms. The van der Waals surface area contributed by atoms with E-state index in [1.165, 1.54) is 6.20 Å². The lowest BCUT2D eigenvalue weighted by molar-refractivity contribution is 0.0951. The van der Waals surface area contributed by atoms with Gasteiger partial charge in [0.25, 0.3) is 5.91 Å². The summed E-state index contributed by atoms with van der Waals surface area (Å²) in [6.07, 6.45) is 1.96. The number of hydrogen-bond donors (Lipinski definition) is 2. The van der Waals surface area contributed by atoms with Gasteiger partial charge < -0.3 is 10.4 Å². The predicted molar refractivity (Wildman–Crippen MR) is 53.3 cm³/mol. The molecule has 0 aliphatic rings. The topological polar surface area (TPSA) is 62.2 Å². The third-order valence-corrected chi connectivity index (χ3v) is 1.83. The van der Waals surface area contributed by atoms with Crippen molar-refractivity contribution in [3.8, 4) is 0 Å². The fourth-order valence-corrected chi connectivity index (χ4v) is 1.00. The second-order valence-corrected chi connectivity index (χ2v) is 3.09. The summed E-state index contributed by atoms with van der Waals surface area (Å²) in [6.45, 7) is 0.525. The Morgan fingerprint density at radius 2 is 2.36 bits per heavy atom. The molecule has 0 aliphatic heterocycles. The average molecular weight is 215 g/mol. The van der Waals surface area contributed by atoms with Crippen molar-refractivity contribution < 1.29 is 9.90 Å². The molecule has 0 unspecified atom stereocenters. The van der Waals surface area contributed by atoms with E-state index in [2.05, 4.69) is 10.3 Å². The normalized spacial score (nSPS) is 9.86. The van der Waals surface area contributed by atoms with Gasteiger partial charge in [-0.1, -0.05) is 11.6 Å². The molecule has 76 valence electrons. The number of halogens is 1.